The molecule has 19 heteroatoms. The van der Waals surface area contributed by atoms with Gasteiger partial charge < -0.3 is 46.1 Å². The lowest BCUT2D eigenvalue weighted by molar-refractivity contribution is -0.385. The third kappa shape index (κ3) is 15.2. The first kappa shape index (κ1) is 58.5. The van der Waals surface area contributed by atoms with Crippen molar-refractivity contribution in [2.45, 2.75) is 156 Å². The number of nitrogens with zero attached hydrogens (tertiary/aromatic N) is 4. The zero-order valence-corrected chi connectivity index (χ0v) is 44.5. The lowest BCUT2D eigenvalue weighted by Crippen LogP contribution is -2.60. The summed E-state index contributed by atoms with van der Waals surface area (Å²) in [5.41, 5.74) is 0.486. The first-order valence-electron chi connectivity index (χ1n) is 25.1. The Bertz CT molecular complexity index is 2550. The molecular weight excluding hydrogens is 935 g/mol. The topological polar surface area (TPSA) is 254 Å². The second kappa shape index (κ2) is 25.6. The Labute approximate surface area is 429 Å². The number of rotatable bonds is 15. The van der Waals surface area contributed by atoms with E-state index in [2.05, 4.69) is 33.2 Å². The maximum atomic E-state index is 15.3. The van der Waals surface area contributed by atoms with Crippen LogP contribution in [0.4, 0.5) is 5.69 Å². The van der Waals surface area contributed by atoms with Gasteiger partial charge in [0.1, 0.15) is 42.3 Å². The first-order chi connectivity index (χ1) is 34.2. The van der Waals surface area contributed by atoms with Crippen LogP contribution in [0, 0.1) is 27.9 Å². The molecule has 19 nitrogen and oxygen atoms in total. The van der Waals surface area contributed by atoms with Crippen molar-refractivity contribution < 1.29 is 43.6 Å². The zero-order chi connectivity index (χ0) is 54.6. The lowest BCUT2D eigenvalue weighted by Gasteiger charge is -2.33. The largest absolute Gasteiger partial charge is 0.502 e. The molecule has 398 valence electrons. The molecule has 0 saturated carbocycles. The van der Waals surface area contributed by atoms with E-state index in [-0.39, 0.29) is 61.8 Å². The van der Waals surface area contributed by atoms with Gasteiger partial charge in [0.25, 0.3) is 0 Å². The maximum absolute atomic E-state index is 15.3. The van der Waals surface area contributed by atoms with E-state index < -0.39 is 106 Å². The van der Waals surface area contributed by atoms with Gasteiger partial charge in [0, 0.05) is 50.1 Å². The Hall–Kier alpha value is -7.05. The predicted molar refractivity (Wildman–Crippen MR) is 280 cm³/mol. The molecule has 1 saturated heterocycles. The van der Waals surface area contributed by atoms with Crippen LogP contribution in [0.3, 0.4) is 0 Å². The highest BCUT2D eigenvalue weighted by Crippen LogP contribution is 2.31. The first-order valence-corrected chi connectivity index (χ1v) is 25.1. The number of hydrogen-bond acceptors (Lipinski definition) is 10. The van der Waals surface area contributed by atoms with Crippen molar-refractivity contribution in [3.63, 3.8) is 0 Å². The Morgan fingerprint density at radius 2 is 1.23 bits per heavy atom. The van der Waals surface area contributed by atoms with Crippen molar-refractivity contribution in [3.05, 3.63) is 94.7 Å². The summed E-state index contributed by atoms with van der Waals surface area (Å²) in [5.74, 6) is -6.08. The highest BCUT2D eigenvalue weighted by Gasteiger charge is 2.39. The van der Waals surface area contributed by atoms with Crippen LogP contribution in [0.2, 0.25) is 0 Å². The van der Waals surface area contributed by atoms with E-state index in [9.17, 15) is 44.0 Å². The highest BCUT2D eigenvalue weighted by atomic mass is 16.6. The molecule has 1 aromatic heterocycles. The molecule has 1 aliphatic heterocycles. The van der Waals surface area contributed by atoms with Gasteiger partial charge in [0.2, 0.25) is 41.4 Å². The monoisotopic (exact) mass is 1010 g/mol. The molecule has 73 heavy (non-hydrogen) atoms. The number of phenols is 1. The second-order valence-corrected chi connectivity index (χ2v) is 21.0. The number of carbonyl (C=O) groups excluding carboxylic acids is 7. The molecule has 0 spiro atoms. The fourth-order valence-electron chi connectivity index (χ4n) is 8.99. The Kier molecular flexibility index (Phi) is 20.5. The van der Waals surface area contributed by atoms with Crippen LogP contribution >= 0.6 is 0 Å². The third-order valence-electron chi connectivity index (χ3n) is 13.2. The molecule has 2 aromatic carbocycles. The van der Waals surface area contributed by atoms with Crippen molar-refractivity contribution in [2.75, 3.05) is 14.1 Å². The number of nitrogens with one attached hydrogen (secondary N) is 5. The standard InChI is InChI=1S/C54H77N9O10/c1-14-16-20-38-47(65)59-41(29-36-30-62(54(10,11)15-2)42-21-18-17-19-37(36)42)53(71)61(13)45(26-33(7)8)51(69)58-40(27-35-22-23-46(64)43(28-35)63(72)73)48(66)55-34(9)52(70)60(12)44(25-32(5)6)50(68)57-39(24-31(3)4)49(67)56-38/h14-19,21-23,28,30-34,38-41,44-45,64H,2,20,24-27,29H2,1,3-13H3,(H,55,66)(H,56,67)(H,57,68)(H,58,69)(H,59,65)/b16-14+. The summed E-state index contributed by atoms with van der Waals surface area (Å²) in [6, 6.07) is 2.19. The van der Waals surface area contributed by atoms with Gasteiger partial charge in [-0.15, -0.1) is 6.58 Å². The van der Waals surface area contributed by atoms with Crippen LogP contribution in [0.15, 0.2) is 73.5 Å². The lowest BCUT2D eigenvalue weighted by atomic mass is 9.98. The molecule has 6 N–H and O–H groups in total. The molecule has 1 fully saturated rings. The van der Waals surface area contributed by atoms with E-state index >= 15 is 4.79 Å². The molecular formula is C54H77N9O10. The number of hydrogen-bond donors (Lipinski definition) is 6. The molecule has 3 aromatic rings. The number of amides is 7. The Morgan fingerprint density at radius 3 is 1.79 bits per heavy atom. The van der Waals surface area contributed by atoms with Crippen molar-refractivity contribution in [1.82, 2.24) is 41.0 Å². The molecule has 4 rings (SSSR count). The number of nitro groups is 1. The number of benzene rings is 2. The van der Waals surface area contributed by atoms with Gasteiger partial charge >= 0.3 is 5.69 Å². The molecule has 7 amide bonds. The van der Waals surface area contributed by atoms with Gasteiger partial charge in [-0.2, -0.15) is 0 Å². The minimum absolute atomic E-state index is 0.0100. The van der Waals surface area contributed by atoms with Crippen molar-refractivity contribution in [1.29, 1.82) is 0 Å². The van der Waals surface area contributed by atoms with E-state index in [0.717, 1.165) is 23.0 Å². The van der Waals surface area contributed by atoms with E-state index in [4.69, 9.17) is 0 Å². The van der Waals surface area contributed by atoms with Gasteiger partial charge in [-0.25, -0.2) is 0 Å². The van der Waals surface area contributed by atoms with Gasteiger partial charge in [0.05, 0.1) is 10.5 Å². The van der Waals surface area contributed by atoms with Crippen LogP contribution in [0.5, 0.6) is 5.75 Å². The van der Waals surface area contributed by atoms with Gasteiger partial charge in [0.15, 0.2) is 5.75 Å². The number of para-hydroxylation sites is 1. The molecule has 0 aliphatic carbocycles. The van der Waals surface area contributed by atoms with E-state index in [1.807, 2.05) is 90.4 Å². The summed E-state index contributed by atoms with van der Waals surface area (Å²) in [6.07, 6.45) is 7.10. The van der Waals surface area contributed by atoms with Crippen molar-refractivity contribution >= 4 is 57.9 Å². The molecule has 0 radical (unpaired) electrons. The number of phenolic OH excluding ortho intramolecular Hbond substituents is 1. The summed E-state index contributed by atoms with van der Waals surface area (Å²) >= 11 is 0. The van der Waals surface area contributed by atoms with Crippen LogP contribution in [-0.2, 0) is 51.9 Å². The summed E-state index contributed by atoms with van der Waals surface area (Å²) < 4.78 is 2.02. The second-order valence-electron chi connectivity index (χ2n) is 21.0. The van der Waals surface area contributed by atoms with Crippen molar-refractivity contribution in [3.8, 4) is 5.75 Å². The average Bonchev–Trinajstić information content (AvgIpc) is 3.70. The minimum Gasteiger partial charge on any atom is -0.502 e. The molecule has 1 aliphatic rings. The van der Waals surface area contributed by atoms with Crippen molar-refractivity contribution in [2.24, 2.45) is 17.8 Å². The summed E-state index contributed by atoms with van der Waals surface area (Å²) in [7, 11) is 2.84. The third-order valence-corrected chi connectivity index (χ3v) is 13.2. The highest BCUT2D eigenvalue weighted by molar-refractivity contribution is 5.99. The molecule has 0 bridgehead atoms. The smallest absolute Gasteiger partial charge is 0.310 e. The number of aromatic nitrogens is 1. The summed E-state index contributed by atoms with van der Waals surface area (Å²) in [5, 5.41) is 37.0. The number of carbonyl (C=O) groups is 7. The average molecular weight is 1010 g/mol. The van der Waals surface area contributed by atoms with Crippen LogP contribution in [0.1, 0.15) is 106 Å². The van der Waals surface area contributed by atoms with Gasteiger partial charge in [-0.05, 0) is 94.4 Å². The summed E-state index contributed by atoms with van der Waals surface area (Å²) in [6.45, 7) is 22.3. The van der Waals surface area contributed by atoms with Crippen LogP contribution < -0.4 is 26.6 Å². The molecule has 7 unspecified atom stereocenters. The Balaban J connectivity index is 1.97. The van der Waals surface area contributed by atoms with Crippen LogP contribution in [0.25, 0.3) is 10.9 Å². The molecule has 2 heterocycles. The number of likely N-dealkylation sites (N-methyl/N-ethyl adjacent to an activating group) is 2. The van der Waals surface area contributed by atoms with E-state index in [1.165, 1.54) is 36.9 Å². The maximum Gasteiger partial charge on any atom is 0.310 e. The van der Waals surface area contributed by atoms with Crippen LogP contribution in [-0.4, -0.2) is 122 Å². The summed E-state index contributed by atoms with van der Waals surface area (Å²) in [4.78, 5) is 116. The van der Waals surface area contributed by atoms with E-state index in [1.54, 1.807) is 25.2 Å². The molecule has 7 atom stereocenters. The van der Waals surface area contributed by atoms with Gasteiger partial charge in [-0.1, -0.05) is 84.0 Å². The minimum atomic E-state index is -1.50. The quantitative estimate of drug-likeness (QED) is 0.0661. The normalized spacial score (nSPS) is 22.8. The predicted octanol–water partition coefficient (Wildman–Crippen LogP) is 5.18. The fraction of sp³-hybridized carbons (Fsp3) is 0.537. The number of fused-ring (bicyclic) bond motifs is 1. The fourth-order valence-corrected chi connectivity index (χ4v) is 8.99. The number of aromatic hydroxyl groups is 1. The number of allylic oxidation sites excluding steroid dienone is 2. The van der Waals surface area contributed by atoms with E-state index in [0.29, 0.717) is 5.56 Å². The number of nitro benzene ring substituents is 1. The van der Waals surface area contributed by atoms with Gasteiger partial charge in [-0.3, -0.25) is 43.7 Å². The zero-order valence-electron chi connectivity index (χ0n) is 44.5. The SMILES string of the molecule is C=CC(C)(C)n1cc(CC2NC(=O)C(C/C=C/C)NC(=O)C(CC(C)C)NC(=O)C(CC(C)C)N(C)C(=O)C(C)NC(=O)C(Cc3ccc(O)c([N+](=O)[O-])c3)NC(=O)C(CC(C)C)N(C)C2=O)c2ccccc21. The Morgan fingerprint density at radius 1 is 0.712 bits per heavy atom.